The number of nitrogens with zero attached hydrogens (tertiary/aromatic N) is 2. The van der Waals surface area contributed by atoms with Crippen LogP contribution >= 0.6 is 22.9 Å². The van der Waals surface area contributed by atoms with Crippen molar-refractivity contribution < 1.29 is 4.39 Å². The van der Waals surface area contributed by atoms with Crippen molar-refractivity contribution in [3.05, 3.63) is 82.6 Å². The first-order valence-electron chi connectivity index (χ1n) is 9.21. The smallest absolute Gasteiger partial charge is 0.197 e. The third-order valence-electron chi connectivity index (χ3n) is 5.06. The highest BCUT2D eigenvalue weighted by atomic mass is 35.5. The van der Waals surface area contributed by atoms with Crippen molar-refractivity contribution in [1.82, 2.24) is 9.38 Å². The van der Waals surface area contributed by atoms with Crippen LogP contribution in [0.1, 0.15) is 11.1 Å². The Morgan fingerprint density at radius 3 is 2.52 bits per heavy atom. The number of rotatable bonds is 3. The van der Waals surface area contributed by atoms with Gasteiger partial charge in [0.15, 0.2) is 4.96 Å². The molecule has 144 valence electrons. The van der Waals surface area contributed by atoms with Crippen LogP contribution in [0.5, 0.6) is 0 Å². The van der Waals surface area contributed by atoms with E-state index in [-0.39, 0.29) is 5.82 Å². The molecule has 6 heteroatoms. The molecule has 3 aromatic carbocycles. The summed E-state index contributed by atoms with van der Waals surface area (Å²) in [5, 5.41) is 3.94. The van der Waals surface area contributed by atoms with E-state index in [2.05, 4.69) is 47.8 Å². The molecule has 5 aromatic rings. The number of aryl methyl sites for hydroxylation is 2. The van der Waals surface area contributed by atoms with Crippen LogP contribution in [0, 0.1) is 19.7 Å². The first-order valence-corrected chi connectivity index (χ1v) is 10.4. The summed E-state index contributed by atoms with van der Waals surface area (Å²) >= 11 is 8.01. The molecule has 5 rings (SSSR count). The molecule has 0 aliphatic carbocycles. The number of nitrogens with one attached hydrogen (secondary N) is 1. The maximum absolute atomic E-state index is 13.6. The summed E-state index contributed by atoms with van der Waals surface area (Å²) in [6, 6.07) is 18.8. The highest BCUT2D eigenvalue weighted by Gasteiger charge is 2.21. The van der Waals surface area contributed by atoms with Gasteiger partial charge in [0.05, 0.1) is 15.2 Å². The van der Waals surface area contributed by atoms with E-state index in [1.807, 2.05) is 18.2 Å². The molecule has 0 atom stereocenters. The summed E-state index contributed by atoms with van der Waals surface area (Å²) in [6.45, 7) is 4.15. The maximum Gasteiger partial charge on any atom is 0.197 e. The van der Waals surface area contributed by atoms with Crippen molar-refractivity contribution in [2.75, 3.05) is 5.32 Å². The second-order valence-corrected chi connectivity index (χ2v) is 8.43. The summed E-state index contributed by atoms with van der Waals surface area (Å²) in [4.78, 5) is 5.74. The van der Waals surface area contributed by atoms with Crippen LogP contribution in [0.2, 0.25) is 5.02 Å². The fourth-order valence-corrected chi connectivity index (χ4v) is 4.91. The molecular weight excluding hydrogens is 405 g/mol. The second kappa shape index (κ2) is 6.87. The normalized spacial score (nSPS) is 11.4. The van der Waals surface area contributed by atoms with E-state index in [0.29, 0.717) is 16.3 Å². The number of hydrogen-bond donors (Lipinski definition) is 1. The number of thiazole rings is 1. The minimum Gasteiger partial charge on any atom is -0.339 e. The highest BCUT2D eigenvalue weighted by Crippen LogP contribution is 2.40. The SMILES string of the molecule is Cc1cccc(C)c1Nc1c(-c2ccc(F)cc2Cl)nc2sc3ccccc3n12. The average molecular weight is 422 g/mol. The summed E-state index contributed by atoms with van der Waals surface area (Å²) in [5.74, 6) is 0.456. The van der Waals surface area contributed by atoms with Crippen LogP contribution in [0.3, 0.4) is 0 Å². The summed E-state index contributed by atoms with van der Waals surface area (Å²) in [6.07, 6.45) is 0. The Hall–Kier alpha value is -2.89. The first-order chi connectivity index (χ1) is 14.0. The third kappa shape index (κ3) is 2.98. The van der Waals surface area contributed by atoms with Crippen LogP contribution in [-0.2, 0) is 0 Å². The predicted octanol–water partition coefficient (Wildman–Crippen LogP) is 7.37. The largest absolute Gasteiger partial charge is 0.339 e. The minimum atomic E-state index is -0.366. The Kier molecular flexibility index (Phi) is 4.30. The quantitative estimate of drug-likeness (QED) is 0.329. The summed E-state index contributed by atoms with van der Waals surface area (Å²) in [7, 11) is 0. The van der Waals surface area contributed by atoms with Crippen LogP contribution in [-0.4, -0.2) is 9.38 Å². The zero-order chi connectivity index (χ0) is 20.1. The van der Waals surface area contributed by atoms with Gasteiger partial charge in [-0.25, -0.2) is 9.37 Å². The number of fused-ring (bicyclic) bond motifs is 3. The Morgan fingerprint density at radius 2 is 1.76 bits per heavy atom. The Balaban J connectivity index is 1.82. The number of halogens is 2. The van der Waals surface area contributed by atoms with E-state index >= 15 is 0 Å². The summed E-state index contributed by atoms with van der Waals surface area (Å²) in [5.41, 5.74) is 5.77. The number of hydrogen-bond acceptors (Lipinski definition) is 3. The van der Waals surface area contributed by atoms with Crippen LogP contribution in [0.15, 0.2) is 60.7 Å². The van der Waals surface area contributed by atoms with Gasteiger partial charge in [-0.1, -0.05) is 53.3 Å². The van der Waals surface area contributed by atoms with Crippen LogP contribution in [0.25, 0.3) is 26.4 Å². The maximum atomic E-state index is 13.6. The van der Waals surface area contributed by atoms with Crippen molar-refractivity contribution >= 4 is 49.6 Å². The third-order valence-corrected chi connectivity index (χ3v) is 6.40. The van der Waals surface area contributed by atoms with E-state index < -0.39 is 0 Å². The Labute approximate surface area is 176 Å². The molecule has 0 unspecified atom stereocenters. The Morgan fingerprint density at radius 1 is 1.00 bits per heavy atom. The van der Waals surface area contributed by atoms with Gasteiger partial charge in [0.1, 0.15) is 17.3 Å². The van der Waals surface area contributed by atoms with Gasteiger partial charge in [0.2, 0.25) is 0 Å². The van der Waals surface area contributed by atoms with E-state index in [4.69, 9.17) is 16.6 Å². The number of benzene rings is 3. The highest BCUT2D eigenvalue weighted by molar-refractivity contribution is 7.23. The van der Waals surface area contributed by atoms with Crippen molar-refractivity contribution in [1.29, 1.82) is 0 Å². The van der Waals surface area contributed by atoms with Crippen molar-refractivity contribution in [3.63, 3.8) is 0 Å². The van der Waals surface area contributed by atoms with Gasteiger partial charge in [0, 0.05) is 11.3 Å². The lowest BCUT2D eigenvalue weighted by Gasteiger charge is -2.14. The summed E-state index contributed by atoms with van der Waals surface area (Å²) < 4.78 is 16.9. The average Bonchev–Trinajstić information content (AvgIpc) is 3.21. The molecule has 0 spiro atoms. The molecule has 0 saturated carbocycles. The number of para-hydroxylation sites is 2. The van der Waals surface area contributed by atoms with Crippen LogP contribution < -0.4 is 5.32 Å². The van der Waals surface area contributed by atoms with Gasteiger partial charge < -0.3 is 5.32 Å². The fraction of sp³-hybridized carbons (Fsp3) is 0.0870. The molecule has 0 radical (unpaired) electrons. The van der Waals surface area contributed by atoms with E-state index in [1.165, 1.54) is 12.1 Å². The van der Waals surface area contributed by atoms with Crippen molar-refractivity contribution in [3.8, 4) is 11.3 Å². The minimum absolute atomic E-state index is 0.338. The van der Waals surface area contributed by atoms with E-state index in [9.17, 15) is 4.39 Å². The molecule has 0 fully saturated rings. The number of anilines is 2. The Bertz CT molecular complexity index is 1370. The van der Waals surface area contributed by atoms with Gasteiger partial charge in [-0.05, 0) is 55.3 Å². The number of aromatic nitrogens is 2. The van der Waals surface area contributed by atoms with Gasteiger partial charge in [-0.2, -0.15) is 0 Å². The predicted molar refractivity (Wildman–Crippen MR) is 120 cm³/mol. The van der Waals surface area contributed by atoms with Crippen molar-refractivity contribution in [2.24, 2.45) is 0 Å². The second-order valence-electron chi connectivity index (χ2n) is 7.01. The zero-order valence-corrected chi connectivity index (χ0v) is 17.4. The monoisotopic (exact) mass is 421 g/mol. The molecule has 0 aliphatic rings. The molecule has 2 aromatic heterocycles. The van der Waals surface area contributed by atoms with E-state index in [0.717, 1.165) is 37.8 Å². The van der Waals surface area contributed by atoms with Gasteiger partial charge in [0.25, 0.3) is 0 Å². The first kappa shape index (κ1) is 18.2. The fourth-order valence-electron chi connectivity index (χ4n) is 3.63. The molecule has 0 saturated heterocycles. The molecule has 2 heterocycles. The van der Waals surface area contributed by atoms with Crippen molar-refractivity contribution in [2.45, 2.75) is 13.8 Å². The van der Waals surface area contributed by atoms with Crippen LogP contribution in [0.4, 0.5) is 15.9 Å². The molecule has 0 amide bonds. The standard InChI is InChI=1S/C23H17ClFN3S/c1-13-6-5-7-14(2)20(13)26-22-21(16-11-10-15(25)12-17(16)24)27-23-28(22)18-8-3-4-9-19(18)29-23/h3-12,26H,1-2H3. The molecule has 0 bridgehead atoms. The van der Waals surface area contributed by atoms with Gasteiger partial charge in [-0.3, -0.25) is 4.40 Å². The molecule has 1 N–H and O–H groups in total. The van der Waals surface area contributed by atoms with Gasteiger partial charge in [-0.15, -0.1) is 0 Å². The molecule has 0 aliphatic heterocycles. The topological polar surface area (TPSA) is 29.3 Å². The molecular formula is C23H17ClFN3S. The molecule has 29 heavy (non-hydrogen) atoms. The lowest BCUT2D eigenvalue weighted by Crippen LogP contribution is -2.00. The van der Waals surface area contributed by atoms with Gasteiger partial charge >= 0.3 is 0 Å². The zero-order valence-electron chi connectivity index (χ0n) is 15.8. The number of imidazole rings is 1. The lowest BCUT2D eigenvalue weighted by molar-refractivity contribution is 0.628. The molecule has 3 nitrogen and oxygen atoms in total. The van der Waals surface area contributed by atoms with E-state index in [1.54, 1.807) is 17.4 Å². The lowest BCUT2D eigenvalue weighted by atomic mass is 10.1.